The van der Waals surface area contributed by atoms with Crippen LogP contribution < -0.4 is 10.6 Å². The van der Waals surface area contributed by atoms with E-state index in [9.17, 15) is 0 Å². The van der Waals surface area contributed by atoms with Gasteiger partial charge in [-0.3, -0.25) is 0 Å². The van der Waals surface area contributed by atoms with Crippen LogP contribution in [0.15, 0.2) is 29.6 Å². The van der Waals surface area contributed by atoms with Crippen molar-refractivity contribution in [3.63, 3.8) is 0 Å². The number of fused-ring (bicyclic) bond motifs is 1. The van der Waals surface area contributed by atoms with E-state index in [0.29, 0.717) is 0 Å². The molecule has 0 bridgehead atoms. The summed E-state index contributed by atoms with van der Waals surface area (Å²) >= 11 is 1.84. The molecule has 0 radical (unpaired) electrons. The van der Waals surface area contributed by atoms with Gasteiger partial charge in [0, 0.05) is 30.4 Å². The van der Waals surface area contributed by atoms with Gasteiger partial charge < -0.3 is 10.6 Å². The molecular formula is C14H18N2S. The third-order valence-corrected chi connectivity index (χ3v) is 4.20. The van der Waals surface area contributed by atoms with Crippen molar-refractivity contribution in [2.24, 2.45) is 0 Å². The molecule has 0 amide bonds. The van der Waals surface area contributed by atoms with Crippen LogP contribution in [0.25, 0.3) is 10.1 Å². The zero-order valence-corrected chi connectivity index (χ0v) is 10.7. The van der Waals surface area contributed by atoms with Crippen molar-refractivity contribution >= 4 is 21.4 Å². The molecule has 1 aliphatic rings. The Morgan fingerprint density at radius 2 is 2.06 bits per heavy atom. The minimum atomic E-state index is 0.818. The molecule has 3 heteroatoms. The highest BCUT2D eigenvalue weighted by Crippen LogP contribution is 2.25. The van der Waals surface area contributed by atoms with Gasteiger partial charge in [0.25, 0.3) is 0 Å². The fourth-order valence-corrected chi connectivity index (χ4v) is 3.01. The van der Waals surface area contributed by atoms with E-state index >= 15 is 0 Å². The van der Waals surface area contributed by atoms with E-state index in [-0.39, 0.29) is 0 Å². The Balaban J connectivity index is 1.50. The van der Waals surface area contributed by atoms with Crippen molar-refractivity contribution in [2.45, 2.75) is 25.4 Å². The van der Waals surface area contributed by atoms with Crippen molar-refractivity contribution in [3.05, 3.63) is 35.2 Å². The summed E-state index contributed by atoms with van der Waals surface area (Å²) in [6.45, 7) is 3.13. The zero-order valence-electron chi connectivity index (χ0n) is 9.91. The van der Waals surface area contributed by atoms with Crippen molar-refractivity contribution in [3.8, 4) is 0 Å². The van der Waals surface area contributed by atoms with Gasteiger partial charge in [-0.25, -0.2) is 0 Å². The highest BCUT2D eigenvalue weighted by molar-refractivity contribution is 7.17. The lowest BCUT2D eigenvalue weighted by molar-refractivity contribution is 0.610. The summed E-state index contributed by atoms with van der Waals surface area (Å²) in [5.41, 5.74) is 1.43. The van der Waals surface area contributed by atoms with Gasteiger partial charge in [0.15, 0.2) is 0 Å². The smallest absolute Gasteiger partial charge is 0.0346 e. The summed E-state index contributed by atoms with van der Waals surface area (Å²) in [5, 5.41) is 10.7. The Labute approximate surface area is 106 Å². The largest absolute Gasteiger partial charge is 0.313 e. The normalized spacial score (nSPS) is 15.5. The number of rotatable bonds is 6. The van der Waals surface area contributed by atoms with Crippen LogP contribution in [0.5, 0.6) is 0 Å². The molecule has 2 nitrogen and oxygen atoms in total. The van der Waals surface area contributed by atoms with Crippen LogP contribution in [0.4, 0.5) is 0 Å². The van der Waals surface area contributed by atoms with E-state index in [0.717, 1.165) is 25.7 Å². The molecule has 1 fully saturated rings. The first-order valence-corrected chi connectivity index (χ1v) is 7.20. The maximum atomic E-state index is 3.51. The quantitative estimate of drug-likeness (QED) is 0.766. The van der Waals surface area contributed by atoms with E-state index in [4.69, 9.17) is 0 Å². The van der Waals surface area contributed by atoms with E-state index < -0.39 is 0 Å². The van der Waals surface area contributed by atoms with Gasteiger partial charge in [0.05, 0.1) is 0 Å². The lowest BCUT2D eigenvalue weighted by Crippen LogP contribution is -2.28. The molecule has 90 valence electrons. The number of thiophene rings is 1. The summed E-state index contributed by atoms with van der Waals surface area (Å²) in [4.78, 5) is 0. The minimum Gasteiger partial charge on any atom is -0.313 e. The average molecular weight is 246 g/mol. The Morgan fingerprint density at radius 1 is 1.18 bits per heavy atom. The van der Waals surface area contributed by atoms with Crippen LogP contribution in [-0.4, -0.2) is 19.1 Å². The number of benzene rings is 1. The van der Waals surface area contributed by atoms with E-state index in [1.807, 2.05) is 11.3 Å². The molecule has 2 N–H and O–H groups in total. The van der Waals surface area contributed by atoms with Crippen molar-refractivity contribution in [2.75, 3.05) is 13.1 Å². The van der Waals surface area contributed by atoms with Crippen LogP contribution in [0.2, 0.25) is 0 Å². The topological polar surface area (TPSA) is 24.1 Å². The van der Waals surface area contributed by atoms with E-state index in [1.54, 1.807) is 0 Å². The molecule has 0 unspecified atom stereocenters. The molecule has 17 heavy (non-hydrogen) atoms. The molecule has 1 aromatic heterocycles. The monoisotopic (exact) mass is 246 g/mol. The molecule has 1 aromatic carbocycles. The van der Waals surface area contributed by atoms with Crippen molar-refractivity contribution < 1.29 is 0 Å². The van der Waals surface area contributed by atoms with Crippen LogP contribution in [0.1, 0.15) is 18.4 Å². The van der Waals surface area contributed by atoms with Gasteiger partial charge in [0.1, 0.15) is 0 Å². The molecule has 2 aromatic rings. The molecule has 0 saturated heterocycles. The second kappa shape index (κ2) is 5.17. The van der Waals surface area contributed by atoms with Crippen molar-refractivity contribution in [1.82, 2.24) is 10.6 Å². The Kier molecular flexibility index (Phi) is 3.41. The first kappa shape index (κ1) is 11.2. The number of hydrogen-bond acceptors (Lipinski definition) is 3. The molecular weight excluding hydrogens is 228 g/mol. The summed E-state index contributed by atoms with van der Waals surface area (Å²) in [7, 11) is 0. The maximum Gasteiger partial charge on any atom is 0.0346 e. The SMILES string of the molecule is c1ccc2c(CNCCNC3CC3)csc2c1. The van der Waals surface area contributed by atoms with Crippen molar-refractivity contribution in [1.29, 1.82) is 0 Å². The fourth-order valence-electron chi connectivity index (χ4n) is 2.04. The summed E-state index contributed by atoms with van der Waals surface area (Å²) in [6.07, 6.45) is 2.74. The lowest BCUT2D eigenvalue weighted by atomic mass is 10.2. The van der Waals surface area contributed by atoms with Crippen LogP contribution in [0.3, 0.4) is 0 Å². The Morgan fingerprint density at radius 3 is 2.94 bits per heavy atom. The molecule has 1 aliphatic carbocycles. The predicted molar refractivity (Wildman–Crippen MR) is 74.6 cm³/mol. The van der Waals surface area contributed by atoms with Crippen LogP contribution >= 0.6 is 11.3 Å². The van der Waals surface area contributed by atoms with Gasteiger partial charge in [-0.2, -0.15) is 0 Å². The molecule has 0 spiro atoms. The van der Waals surface area contributed by atoms with Gasteiger partial charge in [0.2, 0.25) is 0 Å². The molecule has 1 saturated carbocycles. The minimum absolute atomic E-state index is 0.818. The van der Waals surface area contributed by atoms with Gasteiger partial charge >= 0.3 is 0 Å². The first-order valence-electron chi connectivity index (χ1n) is 6.33. The van der Waals surface area contributed by atoms with Crippen LogP contribution in [-0.2, 0) is 6.54 Å². The summed E-state index contributed by atoms with van der Waals surface area (Å²) in [5.74, 6) is 0. The van der Waals surface area contributed by atoms with E-state index in [1.165, 1.54) is 28.5 Å². The lowest BCUT2D eigenvalue weighted by Gasteiger charge is -2.05. The first-order chi connectivity index (χ1) is 8.43. The highest BCUT2D eigenvalue weighted by atomic mass is 32.1. The molecule has 0 atom stereocenters. The number of nitrogens with one attached hydrogen (secondary N) is 2. The number of hydrogen-bond donors (Lipinski definition) is 2. The van der Waals surface area contributed by atoms with Gasteiger partial charge in [-0.05, 0) is 35.2 Å². The summed E-state index contributed by atoms with van der Waals surface area (Å²) < 4.78 is 1.39. The molecule has 0 aliphatic heterocycles. The Hall–Kier alpha value is -0.900. The highest BCUT2D eigenvalue weighted by Gasteiger charge is 2.19. The van der Waals surface area contributed by atoms with E-state index in [2.05, 4.69) is 40.3 Å². The fraction of sp³-hybridized carbons (Fsp3) is 0.429. The Bertz CT molecular complexity index is 488. The average Bonchev–Trinajstić information content (AvgIpc) is 3.09. The predicted octanol–water partition coefficient (Wildman–Crippen LogP) is 2.74. The zero-order chi connectivity index (χ0) is 11.5. The third-order valence-electron chi connectivity index (χ3n) is 3.19. The van der Waals surface area contributed by atoms with Gasteiger partial charge in [-0.1, -0.05) is 18.2 Å². The van der Waals surface area contributed by atoms with Crippen LogP contribution in [0, 0.1) is 0 Å². The van der Waals surface area contributed by atoms with Gasteiger partial charge in [-0.15, -0.1) is 11.3 Å². The standard InChI is InChI=1S/C14H18N2S/c1-2-4-14-13(3-1)11(10-17-14)9-15-7-8-16-12-5-6-12/h1-4,10,12,15-16H,5-9H2. The molecule has 1 heterocycles. The third kappa shape index (κ3) is 2.86. The second-order valence-electron chi connectivity index (χ2n) is 4.66. The summed E-state index contributed by atoms with van der Waals surface area (Å²) in [6, 6.07) is 9.45. The second-order valence-corrected chi connectivity index (χ2v) is 5.57. The molecule has 3 rings (SSSR count). The maximum absolute atomic E-state index is 3.51.